The van der Waals surface area contributed by atoms with Crippen molar-refractivity contribution >= 4 is 40.7 Å². The number of carbonyl (C=O) groups is 1. The first-order valence-electron chi connectivity index (χ1n) is 9.20. The number of nitrogen functional groups attached to an aromatic ring is 1. The molecule has 1 atom stereocenters. The van der Waals surface area contributed by atoms with Gasteiger partial charge in [0, 0.05) is 18.1 Å². The number of benzene rings is 1. The van der Waals surface area contributed by atoms with E-state index in [2.05, 4.69) is 15.3 Å². The summed E-state index contributed by atoms with van der Waals surface area (Å²) in [6.07, 6.45) is 3.10. The Labute approximate surface area is 174 Å². The Balaban J connectivity index is 1.66. The van der Waals surface area contributed by atoms with E-state index in [1.54, 1.807) is 0 Å². The number of piperidine rings is 1. The number of anilines is 2. The largest absolute Gasteiger partial charge is 0.382 e. The molecule has 1 aliphatic rings. The summed E-state index contributed by atoms with van der Waals surface area (Å²) in [5, 5.41) is 4.08. The minimum absolute atomic E-state index is 0.112. The smallest absolute Gasteiger partial charge is 0.240 e. The number of nitrogens with one attached hydrogen (secondary N) is 1. The van der Waals surface area contributed by atoms with Gasteiger partial charge >= 0.3 is 0 Å². The molecule has 1 fully saturated rings. The van der Waals surface area contributed by atoms with Crippen LogP contribution < -0.4 is 21.7 Å². The van der Waals surface area contributed by atoms with E-state index in [1.807, 2.05) is 36.1 Å². The van der Waals surface area contributed by atoms with Gasteiger partial charge in [-0.1, -0.05) is 42.3 Å². The first-order chi connectivity index (χ1) is 13.3. The van der Waals surface area contributed by atoms with E-state index in [1.165, 1.54) is 6.33 Å². The highest BCUT2D eigenvalue weighted by Gasteiger charge is 2.39. The zero-order valence-corrected chi connectivity index (χ0v) is 17.2. The van der Waals surface area contributed by atoms with Gasteiger partial charge in [-0.05, 0) is 37.0 Å². The highest BCUT2D eigenvalue weighted by atomic mass is 35.5. The molecule has 1 aromatic heterocycles. The van der Waals surface area contributed by atoms with Gasteiger partial charge in [-0.15, -0.1) is 0 Å². The molecule has 0 radical (unpaired) electrons. The molecule has 3 rings (SSSR count). The first kappa shape index (κ1) is 20.6. The van der Waals surface area contributed by atoms with Crippen LogP contribution in [0.4, 0.5) is 11.6 Å². The Morgan fingerprint density at radius 1 is 1.25 bits per heavy atom. The van der Waals surface area contributed by atoms with E-state index >= 15 is 0 Å². The summed E-state index contributed by atoms with van der Waals surface area (Å²) in [5.74, 6) is 0.661. The molecule has 1 saturated heterocycles. The first-order valence-corrected chi connectivity index (χ1v) is 9.96. The Morgan fingerprint density at radius 3 is 2.50 bits per heavy atom. The summed E-state index contributed by atoms with van der Waals surface area (Å²) >= 11 is 12.2. The lowest BCUT2D eigenvalue weighted by Crippen LogP contribution is -2.60. The number of rotatable bonds is 5. The number of hydrogen-bond donors (Lipinski definition) is 3. The zero-order valence-electron chi connectivity index (χ0n) is 15.7. The molecule has 5 N–H and O–H groups in total. The predicted octanol–water partition coefficient (Wildman–Crippen LogP) is 2.93. The average Bonchev–Trinajstić information content (AvgIpc) is 2.69. The third kappa shape index (κ3) is 4.32. The minimum atomic E-state index is -0.943. The van der Waals surface area contributed by atoms with Crippen LogP contribution in [-0.2, 0) is 4.79 Å². The van der Waals surface area contributed by atoms with E-state index in [0.29, 0.717) is 41.8 Å². The van der Waals surface area contributed by atoms with Crippen LogP contribution in [0.1, 0.15) is 37.8 Å². The summed E-state index contributed by atoms with van der Waals surface area (Å²) < 4.78 is 0. The maximum atomic E-state index is 12.9. The number of amides is 1. The zero-order chi connectivity index (χ0) is 20.3. The normalized spacial score (nSPS) is 17.2. The van der Waals surface area contributed by atoms with Crippen LogP contribution >= 0.6 is 23.2 Å². The van der Waals surface area contributed by atoms with Gasteiger partial charge < -0.3 is 21.7 Å². The molecule has 0 aliphatic carbocycles. The fraction of sp³-hybridized carbons (Fsp3) is 0.421. The van der Waals surface area contributed by atoms with Crippen molar-refractivity contribution in [3.05, 3.63) is 46.2 Å². The van der Waals surface area contributed by atoms with Crippen LogP contribution in [0.2, 0.25) is 10.0 Å². The van der Waals surface area contributed by atoms with Crippen LogP contribution in [0.15, 0.2) is 30.6 Å². The number of hydrogen-bond acceptors (Lipinski definition) is 6. The van der Waals surface area contributed by atoms with Gasteiger partial charge in [0.05, 0.1) is 11.6 Å². The summed E-state index contributed by atoms with van der Waals surface area (Å²) in [6, 6.07) is 7.37. The van der Waals surface area contributed by atoms with E-state index in [0.717, 1.165) is 12.0 Å². The molecule has 0 spiro atoms. The maximum Gasteiger partial charge on any atom is 0.240 e. The number of carbonyl (C=O) groups excluding carboxylic acids is 1. The number of aromatic nitrogens is 2. The second-order valence-corrected chi connectivity index (χ2v) is 7.84. The van der Waals surface area contributed by atoms with Crippen LogP contribution in [0.25, 0.3) is 0 Å². The van der Waals surface area contributed by atoms with Crippen LogP contribution in [0.5, 0.6) is 0 Å². The highest BCUT2D eigenvalue weighted by Crippen LogP contribution is 2.31. The molecule has 1 aromatic carbocycles. The van der Waals surface area contributed by atoms with Crippen LogP contribution in [0, 0.1) is 0 Å². The maximum absolute atomic E-state index is 12.9. The SMILES string of the molecule is CCC(NC(=O)C1(N)CCN(c2ncnc(N)c2Cl)CC1)c1ccc(Cl)cc1. The molecule has 9 heteroatoms. The van der Waals surface area contributed by atoms with Gasteiger partial charge in [-0.2, -0.15) is 0 Å². The molecule has 28 heavy (non-hydrogen) atoms. The van der Waals surface area contributed by atoms with Gasteiger partial charge in [0.15, 0.2) is 5.82 Å². The Kier molecular flexibility index (Phi) is 6.27. The van der Waals surface area contributed by atoms with E-state index in [9.17, 15) is 4.79 Å². The van der Waals surface area contributed by atoms with Crippen LogP contribution in [0.3, 0.4) is 0 Å². The number of nitrogens with two attached hydrogens (primary N) is 2. The fourth-order valence-corrected chi connectivity index (χ4v) is 3.70. The van der Waals surface area contributed by atoms with Crippen molar-refractivity contribution in [3.63, 3.8) is 0 Å². The fourth-order valence-electron chi connectivity index (χ4n) is 3.36. The molecule has 2 aromatic rings. The van der Waals surface area contributed by atoms with Gasteiger partial charge in [-0.3, -0.25) is 4.79 Å². The van der Waals surface area contributed by atoms with Crippen molar-refractivity contribution in [2.24, 2.45) is 5.73 Å². The van der Waals surface area contributed by atoms with Crippen LogP contribution in [-0.4, -0.2) is 34.5 Å². The minimum Gasteiger partial charge on any atom is -0.382 e. The predicted molar refractivity (Wildman–Crippen MR) is 112 cm³/mol. The molecule has 150 valence electrons. The van der Waals surface area contributed by atoms with Gasteiger partial charge in [0.25, 0.3) is 0 Å². The molecule has 1 amide bonds. The molecular weight excluding hydrogens is 399 g/mol. The molecule has 1 unspecified atom stereocenters. The van der Waals surface area contributed by atoms with Gasteiger partial charge in [-0.25, -0.2) is 9.97 Å². The Hall–Kier alpha value is -2.09. The Morgan fingerprint density at radius 2 is 1.89 bits per heavy atom. The monoisotopic (exact) mass is 422 g/mol. The second-order valence-electron chi connectivity index (χ2n) is 7.03. The van der Waals surface area contributed by atoms with E-state index in [4.69, 9.17) is 34.7 Å². The second kappa shape index (κ2) is 8.51. The standard InChI is InChI=1S/C19H24Cl2N6O/c1-2-14(12-3-5-13(20)6-4-12)26-18(28)19(23)7-9-27(10-8-19)17-15(21)16(22)24-11-25-17/h3-6,11,14H,2,7-10,23H2,1H3,(H,26,28)(H2,22,24,25). The van der Waals surface area contributed by atoms with Crippen molar-refractivity contribution in [1.82, 2.24) is 15.3 Å². The molecule has 7 nitrogen and oxygen atoms in total. The lowest BCUT2D eigenvalue weighted by Gasteiger charge is -2.39. The average molecular weight is 423 g/mol. The summed E-state index contributed by atoms with van der Waals surface area (Å²) in [4.78, 5) is 23.0. The summed E-state index contributed by atoms with van der Waals surface area (Å²) in [5.41, 5.74) is 12.3. The van der Waals surface area contributed by atoms with E-state index < -0.39 is 5.54 Å². The lowest BCUT2D eigenvalue weighted by molar-refractivity contribution is -0.127. The lowest BCUT2D eigenvalue weighted by atomic mass is 9.87. The topological polar surface area (TPSA) is 110 Å². The van der Waals surface area contributed by atoms with Crippen molar-refractivity contribution in [1.29, 1.82) is 0 Å². The van der Waals surface area contributed by atoms with Crippen molar-refractivity contribution in [2.75, 3.05) is 23.7 Å². The Bertz CT molecular complexity index is 837. The van der Waals surface area contributed by atoms with E-state index in [-0.39, 0.29) is 17.8 Å². The molecule has 2 heterocycles. The molecule has 1 aliphatic heterocycles. The van der Waals surface area contributed by atoms with Crippen molar-refractivity contribution < 1.29 is 4.79 Å². The molecule has 0 bridgehead atoms. The number of nitrogens with zero attached hydrogens (tertiary/aromatic N) is 3. The van der Waals surface area contributed by atoms with Gasteiger partial charge in [0.2, 0.25) is 5.91 Å². The molecule has 0 saturated carbocycles. The molecular formula is C19H24Cl2N6O. The third-order valence-electron chi connectivity index (χ3n) is 5.19. The van der Waals surface area contributed by atoms with Crippen molar-refractivity contribution in [3.8, 4) is 0 Å². The highest BCUT2D eigenvalue weighted by molar-refractivity contribution is 6.35. The summed E-state index contributed by atoms with van der Waals surface area (Å²) in [6.45, 7) is 3.13. The van der Waals surface area contributed by atoms with Gasteiger partial charge in [0.1, 0.15) is 17.2 Å². The number of halogens is 2. The summed E-state index contributed by atoms with van der Waals surface area (Å²) in [7, 11) is 0. The quantitative estimate of drug-likeness (QED) is 0.682. The van der Waals surface area contributed by atoms with Crippen molar-refractivity contribution in [2.45, 2.75) is 37.8 Å². The third-order valence-corrected chi connectivity index (χ3v) is 5.81.